The Morgan fingerprint density at radius 1 is 1.35 bits per heavy atom. The van der Waals surface area contributed by atoms with Gasteiger partial charge in [0.2, 0.25) is 0 Å². The normalized spacial score (nSPS) is 19.4. The second-order valence-electron chi connectivity index (χ2n) is 6.34. The van der Waals surface area contributed by atoms with Crippen LogP contribution in [0.5, 0.6) is 0 Å². The van der Waals surface area contributed by atoms with Crippen molar-refractivity contribution in [1.82, 2.24) is 9.88 Å². The van der Waals surface area contributed by atoms with Gasteiger partial charge in [-0.15, -0.1) is 36.2 Å². The summed E-state index contributed by atoms with van der Waals surface area (Å²) >= 11 is 1.41. The van der Waals surface area contributed by atoms with Crippen LogP contribution >= 0.6 is 36.2 Å². The number of amides is 1. The van der Waals surface area contributed by atoms with Crippen molar-refractivity contribution in [2.45, 2.75) is 32.2 Å². The molecule has 1 aliphatic rings. The lowest BCUT2D eigenvalue weighted by molar-refractivity contribution is 0.0537. The van der Waals surface area contributed by atoms with Crippen molar-refractivity contribution in [2.75, 3.05) is 13.1 Å². The quantitative estimate of drug-likeness (QED) is 0.816. The van der Waals surface area contributed by atoms with E-state index in [4.69, 9.17) is 5.73 Å². The molecule has 2 aromatic rings. The highest BCUT2D eigenvalue weighted by molar-refractivity contribution is 7.13. The predicted octanol–water partition coefficient (Wildman–Crippen LogP) is 3.92. The molecule has 0 spiro atoms. The third-order valence-corrected chi connectivity index (χ3v) is 5.64. The number of hydrogen-bond acceptors (Lipinski definition) is 4. The molecule has 0 bridgehead atoms. The molecule has 3 rings (SSSR count). The van der Waals surface area contributed by atoms with E-state index in [1.165, 1.54) is 23.5 Å². The lowest BCUT2D eigenvalue weighted by atomic mass is 9.90. The number of rotatable bonds is 4. The molecular weight excluding hydrogens is 396 g/mol. The number of thiazole rings is 1. The Labute approximate surface area is 169 Å². The molecule has 0 aliphatic carbocycles. The Morgan fingerprint density at radius 3 is 2.69 bits per heavy atom. The minimum Gasteiger partial charge on any atom is -0.333 e. The van der Waals surface area contributed by atoms with Crippen molar-refractivity contribution in [3.63, 3.8) is 0 Å². The highest BCUT2D eigenvalue weighted by Crippen LogP contribution is 2.26. The molecule has 2 atom stereocenters. The van der Waals surface area contributed by atoms with Gasteiger partial charge in [-0.25, -0.2) is 9.37 Å². The van der Waals surface area contributed by atoms with Gasteiger partial charge in [-0.2, -0.15) is 0 Å². The molecule has 1 amide bonds. The molecule has 1 aliphatic heterocycles. The van der Waals surface area contributed by atoms with E-state index in [2.05, 4.69) is 11.9 Å². The Bertz CT molecular complexity index is 711. The fourth-order valence-electron chi connectivity index (χ4n) is 3.27. The number of nitrogens with zero attached hydrogens (tertiary/aromatic N) is 2. The third kappa shape index (κ3) is 5.16. The zero-order valence-corrected chi connectivity index (χ0v) is 17.0. The minimum atomic E-state index is -0.249. The fourth-order valence-corrected chi connectivity index (χ4v) is 4.18. The number of benzene rings is 1. The Balaban J connectivity index is 0.00000169. The van der Waals surface area contributed by atoms with E-state index in [9.17, 15) is 9.18 Å². The molecule has 26 heavy (non-hydrogen) atoms. The SMILES string of the molecule is CC1CCCN(C(=O)c2cnc(Cc3ccc(F)cc3)s2)C1CN.Cl.Cl. The van der Waals surface area contributed by atoms with Crippen molar-refractivity contribution in [1.29, 1.82) is 0 Å². The molecule has 4 nitrogen and oxygen atoms in total. The number of nitrogens with two attached hydrogens (primary N) is 1. The van der Waals surface area contributed by atoms with Gasteiger partial charge >= 0.3 is 0 Å². The molecule has 144 valence electrons. The highest BCUT2D eigenvalue weighted by Gasteiger charge is 2.32. The summed E-state index contributed by atoms with van der Waals surface area (Å²) in [5.41, 5.74) is 6.87. The van der Waals surface area contributed by atoms with Crippen LogP contribution in [0.1, 0.15) is 40.0 Å². The third-order valence-electron chi connectivity index (χ3n) is 4.65. The first-order chi connectivity index (χ1) is 11.6. The predicted molar refractivity (Wildman–Crippen MR) is 108 cm³/mol. The lowest BCUT2D eigenvalue weighted by Gasteiger charge is -2.39. The van der Waals surface area contributed by atoms with Crippen molar-refractivity contribution in [3.8, 4) is 0 Å². The van der Waals surface area contributed by atoms with Crippen molar-refractivity contribution in [2.24, 2.45) is 11.7 Å². The van der Waals surface area contributed by atoms with E-state index in [1.54, 1.807) is 18.3 Å². The van der Waals surface area contributed by atoms with Crippen LogP contribution < -0.4 is 5.73 Å². The van der Waals surface area contributed by atoms with Gasteiger partial charge in [-0.1, -0.05) is 19.1 Å². The second-order valence-corrected chi connectivity index (χ2v) is 7.46. The summed E-state index contributed by atoms with van der Waals surface area (Å²) in [6, 6.07) is 6.48. The van der Waals surface area contributed by atoms with Gasteiger partial charge in [-0.05, 0) is 36.5 Å². The first-order valence-corrected chi connectivity index (χ1v) is 9.10. The van der Waals surface area contributed by atoms with Crippen LogP contribution in [0.2, 0.25) is 0 Å². The average molecular weight is 420 g/mol. The Morgan fingerprint density at radius 2 is 2.04 bits per heavy atom. The topological polar surface area (TPSA) is 59.2 Å². The number of carbonyl (C=O) groups is 1. The maximum atomic E-state index is 13.0. The zero-order chi connectivity index (χ0) is 17.1. The molecule has 2 heterocycles. The molecular formula is C18H24Cl2FN3OS. The zero-order valence-electron chi connectivity index (χ0n) is 14.6. The molecule has 2 unspecified atom stereocenters. The van der Waals surface area contributed by atoms with E-state index in [-0.39, 0.29) is 42.6 Å². The molecule has 0 saturated carbocycles. The van der Waals surface area contributed by atoms with Crippen LogP contribution in [0.4, 0.5) is 4.39 Å². The van der Waals surface area contributed by atoms with E-state index in [0.29, 0.717) is 23.8 Å². The van der Waals surface area contributed by atoms with E-state index in [1.807, 2.05) is 4.90 Å². The monoisotopic (exact) mass is 419 g/mol. The number of halogens is 3. The van der Waals surface area contributed by atoms with Crippen LogP contribution in [-0.4, -0.2) is 34.9 Å². The van der Waals surface area contributed by atoms with E-state index in [0.717, 1.165) is 30.0 Å². The largest absolute Gasteiger partial charge is 0.333 e. The van der Waals surface area contributed by atoms with Crippen molar-refractivity contribution < 1.29 is 9.18 Å². The summed E-state index contributed by atoms with van der Waals surface area (Å²) in [5.74, 6) is 0.208. The second kappa shape index (κ2) is 10.2. The summed E-state index contributed by atoms with van der Waals surface area (Å²) in [4.78, 5) is 19.7. The maximum Gasteiger partial charge on any atom is 0.265 e. The minimum absolute atomic E-state index is 0. The smallest absolute Gasteiger partial charge is 0.265 e. The lowest BCUT2D eigenvalue weighted by Crippen LogP contribution is -2.51. The number of aromatic nitrogens is 1. The number of likely N-dealkylation sites (tertiary alicyclic amines) is 1. The molecule has 1 aromatic carbocycles. The van der Waals surface area contributed by atoms with E-state index >= 15 is 0 Å². The molecule has 1 fully saturated rings. The average Bonchev–Trinajstić information content (AvgIpc) is 3.04. The van der Waals surface area contributed by atoms with Gasteiger partial charge in [0.25, 0.3) is 5.91 Å². The standard InChI is InChI=1S/C18H22FN3OS.2ClH/c1-12-3-2-8-22(15(12)10-20)18(23)16-11-21-17(24-16)9-13-4-6-14(19)7-5-13;;/h4-7,11-12,15H,2-3,8-10,20H2,1H3;2*1H. The summed E-state index contributed by atoms with van der Waals surface area (Å²) in [6.07, 6.45) is 4.39. The van der Waals surface area contributed by atoms with Gasteiger partial charge in [0.15, 0.2) is 0 Å². The van der Waals surface area contributed by atoms with Crippen molar-refractivity contribution >= 4 is 42.1 Å². The Hall–Kier alpha value is -1.21. The summed E-state index contributed by atoms with van der Waals surface area (Å²) in [6.45, 7) is 3.41. The summed E-state index contributed by atoms with van der Waals surface area (Å²) in [7, 11) is 0. The van der Waals surface area contributed by atoms with Crippen LogP contribution in [0.25, 0.3) is 0 Å². The molecule has 2 N–H and O–H groups in total. The first-order valence-electron chi connectivity index (χ1n) is 8.28. The molecule has 1 aromatic heterocycles. The Kier molecular flexibility index (Phi) is 8.96. The van der Waals surface area contributed by atoms with Gasteiger partial charge in [0, 0.05) is 25.6 Å². The van der Waals surface area contributed by atoms with Crippen LogP contribution in [0.3, 0.4) is 0 Å². The fraction of sp³-hybridized carbons (Fsp3) is 0.444. The van der Waals surface area contributed by atoms with Crippen LogP contribution in [0, 0.1) is 11.7 Å². The number of piperidine rings is 1. The first kappa shape index (κ1) is 22.8. The van der Waals surface area contributed by atoms with E-state index < -0.39 is 0 Å². The van der Waals surface area contributed by atoms with Gasteiger partial charge in [0.1, 0.15) is 10.7 Å². The van der Waals surface area contributed by atoms with Gasteiger partial charge < -0.3 is 10.6 Å². The van der Waals surface area contributed by atoms with Crippen molar-refractivity contribution in [3.05, 3.63) is 51.7 Å². The highest BCUT2D eigenvalue weighted by atomic mass is 35.5. The van der Waals surface area contributed by atoms with Crippen LogP contribution in [0.15, 0.2) is 30.5 Å². The van der Waals surface area contributed by atoms with Crippen LogP contribution in [-0.2, 0) is 6.42 Å². The molecule has 1 saturated heterocycles. The summed E-state index contributed by atoms with van der Waals surface area (Å²) in [5, 5.41) is 0.860. The molecule has 0 radical (unpaired) electrons. The number of hydrogen-bond donors (Lipinski definition) is 1. The number of carbonyl (C=O) groups excluding carboxylic acids is 1. The van der Waals surface area contributed by atoms with Gasteiger partial charge in [-0.3, -0.25) is 4.79 Å². The van der Waals surface area contributed by atoms with Gasteiger partial charge in [0.05, 0.1) is 11.2 Å². The maximum absolute atomic E-state index is 13.0. The molecule has 8 heteroatoms. The summed E-state index contributed by atoms with van der Waals surface area (Å²) < 4.78 is 13.0.